The second-order valence-corrected chi connectivity index (χ2v) is 9.88. The van der Waals surface area contributed by atoms with E-state index in [1.807, 2.05) is 0 Å². The molecule has 0 aromatic heterocycles. The van der Waals surface area contributed by atoms with Crippen LogP contribution in [0.1, 0.15) is 66.2 Å². The minimum absolute atomic E-state index is 0.0285. The fourth-order valence-corrected chi connectivity index (χ4v) is 4.49. The van der Waals surface area contributed by atoms with E-state index in [0.717, 1.165) is 26.1 Å². The molecule has 26 heavy (non-hydrogen) atoms. The maximum atomic E-state index is 13.0. The number of amides is 2. The average molecular weight is 364 g/mol. The highest BCUT2D eigenvalue weighted by atomic mass is 16.2. The van der Waals surface area contributed by atoms with Crippen molar-refractivity contribution in [2.24, 2.45) is 28.1 Å². The van der Waals surface area contributed by atoms with Gasteiger partial charge >= 0.3 is 0 Å². The van der Waals surface area contributed by atoms with Crippen molar-refractivity contribution in [3.8, 4) is 0 Å². The molecule has 148 valence electrons. The summed E-state index contributed by atoms with van der Waals surface area (Å²) in [6.07, 6.45) is 5.86. The number of carbonyl (C=O) groups is 2. The van der Waals surface area contributed by atoms with Gasteiger partial charge in [-0.2, -0.15) is 0 Å². The van der Waals surface area contributed by atoms with Crippen molar-refractivity contribution in [2.75, 3.05) is 26.2 Å². The number of hydrogen-bond donors (Lipinski definition) is 3. The maximum Gasteiger partial charge on any atom is 0.228 e. The molecule has 0 aromatic rings. The van der Waals surface area contributed by atoms with Gasteiger partial charge in [-0.15, -0.1) is 0 Å². The van der Waals surface area contributed by atoms with Crippen LogP contribution in [0.4, 0.5) is 0 Å². The fraction of sp³-hybridized carbons (Fsp3) is 0.905. The molecule has 2 saturated carbocycles. The molecule has 3 N–H and O–H groups in total. The molecule has 1 heterocycles. The summed E-state index contributed by atoms with van der Waals surface area (Å²) in [6, 6.07) is 0. The van der Waals surface area contributed by atoms with Crippen molar-refractivity contribution in [2.45, 2.75) is 66.2 Å². The first-order valence-corrected chi connectivity index (χ1v) is 10.5. The molecule has 0 spiro atoms. The van der Waals surface area contributed by atoms with Gasteiger partial charge in [-0.05, 0) is 61.3 Å². The molecule has 0 radical (unpaired) electrons. The maximum absolute atomic E-state index is 13.0. The van der Waals surface area contributed by atoms with Gasteiger partial charge in [-0.25, -0.2) is 0 Å². The quantitative estimate of drug-likeness (QED) is 0.589. The Balaban J connectivity index is 1.53. The lowest BCUT2D eigenvalue weighted by atomic mass is 9.81. The van der Waals surface area contributed by atoms with Crippen LogP contribution in [0.15, 0.2) is 0 Å². The standard InChI is InChI=1S/C21H37N3O2/c1-15(2)19(5-6-19)13-23-17(25)11-21(9-10-22-12-21)18(26)24-14-20(7-8-20)16(3)4/h15-16,22H,5-14H2,1-4H3,(H,23,25)(H,24,26). The highest BCUT2D eigenvalue weighted by molar-refractivity contribution is 5.89. The number of rotatable bonds is 9. The van der Waals surface area contributed by atoms with Crippen LogP contribution < -0.4 is 16.0 Å². The highest BCUT2D eigenvalue weighted by Gasteiger charge is 2.49. The largest absolute Gasteiger partial charge is 0.356 e. The summed E-state index contributed by atoms with van der Waals surface area (Å²) in [4.78, 5) is 25.6. The van der Waals surface area contributed by atoms with Crippen molar-refractivity contribution >= 4 is 11.8 Å². The second-order valence-electron chi connectivity index (χ2n) is 9.88. The molecule has 2 amide bonds. The summed E-state index contributed by atoms with van der Waals surface area (Å²) in [5.74, 6) is 1.28. The Morgan fingerprint density at radius 2 is 1.42 bits per heavy atom. The third kappa shape index (κ3) is 3.92. The Morgan fingerprint density at radius 3 is 1.85 bits per heavy atom. The van der Waals surface area contributed by atoms with Gasteiger partial charge in [0.05, 0.1) is 5.41 Å². The van der Waals surface area contributed by atoms with Gasteiger partial charge in [0.15, 0.2) is 0 Å². The van der Waals surface area contributed by atoms with E-state index < -0.39 is 5.41 Å². The zero-order chi connectivity index (χ0) is 19.0. The molecule has 3 aliphatic rings. The summed E-state index contributed by atoms with van der Waals surface area (Å²) in [5.41, 5.74) is 0.0150. The predicted octanol–water partition coefficient (Wildman–Crippen LogP) is 2.46. The summed E-state index contributed by atoms with van der Waals surface area (Å²) < 4.78 is 0. The second kappa shape index (κ2) is 7.14. The van der Waals surface area contributed by atoms with Crippen molar-refractivity contribution in [1.29, 1.82) is 0 Å². The Bertz CT molecular complexity index is 541. The zero-order valence-electron chi connectivity index (χ0n) is 17.0. The Morgan fingerprint density at radius 1 is 0.885 bits per heavy atom. The van der Waals surface area contributed by atoms with Crippen molar-refractivity contribution in [3.63, 3.8) is 0 Å². The lowest BCUT2D eigenvalue weighted by Gasteiger charge is -2.29. The minimum Gasteiger partial charge on any atom is -0.356 e. The fourth-order valence-electron chi connectivity index (χ4n) is 4.49. The third-order valence-electron chi connectivity index (χ3n) is 7.70. The minimum atomic E-state index is -0.578. The van der Waals surface area contributed by atoms with Gasteiger partial charge < -0.3 is 16.0 Å². The van der Waals surface area contributed by atoms with Crippen LogP contribution in [0.3, 0.4) is 0 Å². The topological polar surface area (TPSA) is 70.2 Å². The van der Waals surface area contributed by atoms with E-state index in [1.165, 1.54) is 25.7 Å². The number of carbonyl (C=O) groups excluding carboxylic acids is 2. The highest BCUT2D eigenvalue weighted by Crippen LogP contribution is 2.52. The average Bonchev–Trinajstić information content (AvgIpc) is 3.50. The molecule has 0 bridgehead atoms. The molecular formula is C21H37N3O2. The van der Waals surface area contributed by atoms with Crippen molar-refractivity contribution < 1.29 is 9.59 Å². The summed E-state index contributed by atoms with van der Waals surface area (Å²) in [5, 5.41) is 9.63. The zero-order valence-corrected chi connectivity index (χ0v) is 17.0. The van der Waals surface area contributed by atoms with Crippen LogP contribution in [0.2, 0.25) is 0 Å². The summed E-state index contributed by atoms with van der Waals surface area (Å²) >= 11 is 0. The van der Waals surface area contributed by atoms with E-state index in [9.17, 15) is 9.59 Å². The third-order valence-corrected chi connectivity index (χ3v) is 7.70. The van der Waals surface area contributed by atoms with Gasteiger partial charge in [0.1, 0.15) is 0 Å². The van der Waals surface area contributed by atoms with E-state index in [-0.39, 0.29) is 11.8 Å². The van der Waals surface area contributed by atoms with Crippen LogP contribution >= 0.6 is 0 Å². The van der Waals surface area contributed by atoms with E-state index in [0.29, 0.717) is 35.6 Å². The Kier molecular flexibility index (Phi) is 5.40. The van der Waals surface area contributed by atoms with Gasteiger partial charge in [0.2, 0.25) is 11.8 Å². The first-order valence-electron chi connectivity index (χ1n) is 10.5. The molecule has 5 heteroatoms. The molecular weight excluding hydrogens is 326 g/mol. The monoisotopic (exact) mass is 363 g/mol. The molecule has 2 aliphatic carbocycles. The Labute approximate surface area is 158 Å². The van der Waals surface area contributed by atoms with Crippen molar-refractivity contribution in [3.05, 3.63) is 0 Å². The predicted molar refractivity (Wildman–Crippen MR) is 104 cm³/mol. The van der Waals surface area contributed by atoms with E-state index >= 15 is 0 Å². The van der Waals surface area contributed by atoms with Gasteiger partial charge in [0, 0.05) is 26.1 Å². The number of nitrogens with one attached hydrogen (secondary N) is 3. The normalized spacial score (nSPS) is 28.2. The van der Waals surface area contributed by atoms with E-state index in [4.69, 9.17) is 0 Å². The lowest BCUT2D eigenvalue weighted by Crippen LogP contribution is -2.48. The van der Waals surface area contributed by atoms with Crippen LogP contribution in [0.25, 0.3) is 0 Å². The summed E-state index contributed by atoms with van der Waals surface area (Å²) in [6.45, 7) is 11.9. The molecule has 5 nitrogen and oxygen atoms in total. The lowest BCUT2D eigenvalue weighted by molar-refractivity contribution is -0.136. The molecule has 1 aliphatic heterocycles. The van der Waals surface area contributed by atoms with E-state index in [1.54, 1.807) is 0 Å². The SMILES string of the molecule is CC(C)C1(CNC(=O)CC2(C(=O)NCC3(C(C)C)CC3)CCNC2)CC1. The molecule has 3 rings (SSSR count). The molecule has 0 aromatic carbocycles. The first-order chi connectivity index (χ1) is 12.2. The van der Waals surface area contributed by atoms with E-state index in [2.05, 4.69) is 43.6 Å². The van der Waals surface area contributed by atoms with Crippen molar-refractivity contribution in [1.82, 2.24) is 16.0 Å². The van der Waals surface area contributed by atoms with Crippen LogP contribution in [-0.2, 0) is 9.59 Å². The Hall–Kier alpha value is -1.10. The van der Waals surface area contributed by atoms with Crippen LogP contribution in [0, 0.1) is 28.1 Å². The van der Waals surface area contributed by atoms with Gasteiger partial charge in [-0.1, -0.05) is 27.7 Å². The molecule has 1 unspecified atom stereocenters. The first kappa shape index (κ1) is 19.7. The van der Waals surface area contributed by atoms with Gasteiger partial charge in [-0.3, -0.25) is 9.59 Å². The van der Waals surface area contributed by atoms with Crippen LogP contribution in [0.5, 0.6) is 0 Å². The van der Waals surface area contributed by atoms with Gasteiger partial charge in [0.25, 0.3) is 0 Å². The number of hydrogen-bond acceptors (Lipinski definition) is 3. The molecule has 1 atom stereocenters. The summed E-state index contributed by atoms with van der Waals surface area (Å²) in [7, 11) is 0. The molecule has 1 saturated heterocycles. The molecule has 3 fully saturated rings. The van der Waals surface area contributed by atoms with Crippen LogP contribution in [-0.4, -0.2) is 38.0 Å². The smallest absolute Gasteiger partial charge is 0.228 e.